The van der Waals surface area contributed by atoms with Crippen LogP contribution in [0.1, 0.15) is 0 Å². The first-order valence-electron chi connectivity index (χ1n) is 6.55. The zero-order chi connectivity index (χ0) is 16.4. The number of hydrogen-bond donors (Lipinski definition) is 0. The summed E-state index contributed by atoms with van der Waals surface area (Å²) in [4.78, 5) is 18.6. The molecule has 0 amide bonds. The number of ether oxygens (including phenoxy) is 2. The van der Waals surface area contributed by atoms with Crippen molar-refractivity contribution in [1.29, 1.82) is 0 Å². The zero-order valence-electron chi connectivity index (χ0n) is 12.6. The monoisotopic (exact) mass is 352 g/mol. The predicted molar refractivity (Wildman–Crippen MR) is 88.6 cm³/mol. The molecule has 0 saturated carbocycles. The summed E-state index contributed by atoms with van der Waals surface area (Å²) in [6.07, 6.45) is 0. The molecule has 1 aromatic carbocycles. The summed E-state index contributed by atoms with van der Waals surface area (Å²) in [5.41, 5.74) is 1.86. The standard InChI is InChI=1S/C15H13ClN2O4S/c1-19-12-6-9(10-7-23-15(18-10)20-2)17-14-8(12)4-5-11(13(14)16)22-21-3/h4-7H,1-3H3. The van der Waals surface area contributed by atoms with Gasteiger partial charge in [0.1, 0.15) is 16.5 Å². The van der Waals surface area contributed by atoms with Crippen LogP contribution in [0.15, 0.2) is 23.6 Å². The van der Waals surface area contributed by atoms with Gasteiger partial charge in [0.25, 0.3) is 5.19 Å². The van der Waals surface area contributed by atoms with E-state index >= 15 is 0 Å². The lowest BCUT2D eigenvalue weighted by Gasteiger charge is -2.11. The fourth-order valence-electron chi connectivity index (χ4n) is 2.13. The van der Waals surface area contributed by atoms with E-state index in [-0.39, 0.29) is 0 Å². The number of rotatable bonds is 5. The highest BCUT2D eigenvalue weighted by atomic mass is 35.5. The van der Waals surface area contributed by atoms with Crippen molar-refractivity contribution in [3.8, 4) is 28.1 Å². The van der Waals surface area contributed by atoms with Crippen LogP contribution in [-0.4, -0.2) is 31.3 Å². The second kappa shape index (κ2) is 6.57. The highest BCUT2D eigenvalue weighted by molar-refractivity contribution is 7.11. The van der Waals surface area contributed by atoms with Crippen LogP contribution in [0, 0.1) is 0 Å². The molecule has 2 aromatic heterocycles. The number of thiazole rings is 1. The first kappa shape index (κ1) is 15.8. The van der Waals surface area contributed by atoms with Gasteiger partial charge in [0.15, 0.2) is 5.75 Å². The molecule has 0 aliphatic rings. The number of halogens is 1. The Labute approximate surface area is 141 Å². The van der Waals surface area contributed by atoms with Crippen LogP contribution in [0.25, 0.3) is 22.3 Å². The van der Waals surface area contributed by atoms with Gasteiger partial charge in [-0.3, -0.25) is 0 Å². The van der Waals surface area contributed by atoms with Crippen LogP contribution in [0.3, 0.4) is 0 Å². The molecule has 120 valence electrons. The molecule has 0 unspecified atom stereocenters. The molecule has 0 aliphatic carbocycles. The van der Waals surface area contributed by atoms with Gasteiger partial charge in [-0.25, -0.2) is 9.97 Å². The van der Waals surface area contributed by atoms with Gasteiger partial charge in [-0.1, -0.05) is 22.9 Å². The molecule has 0 N–H and O–H groups in total. The molecule has 6 nitrogen and oxygen atoms in total. The fourth-order valence-corrected chi connectivity index (χ4v) is 3.00. The minimum atomic E-state index is 0.340. The maximum Gasteiger partial charge on any atom is 0.273 e. The average molecular weight is 353 g/mol. The van der Waals surface area contributed by atoms with Crippen molar-refractivity contribution in [2.24, 2.45) is 0 Å². The molecule has 2 heterocycles. The number of benzene rings is 1. The van der Waals surface area contributed by atoms with Gasteiger partial charge in [0, 0.05) is 16.8 Å². The quantitative estimate of drug-likeness (QED) is 0.511. The fraction of sp³-hybridized carbons (Fsp3) is 0.200. The normalized spacial score (nSPS) is 10.8. The molecule has 0 radical (unpaired) electrons. The van der Waals surface area contributed by atoms with Crippen LogP contribution < -0.4 is 14.4 Å². The van der Waals surface area contributed by atoms with E-state index in [1.807, 2.05) is 17.5 Å². The topological polar surface area (TPSA) is 62.7 Å². The van der Waals surface area contributed by atoms with E-state index in [1.54, 1.807) is 20.3 Å². The summed E-state index contributed by atoms with van der Waals surface area (Å²) in [6.45, 7) is 0. The maximum absolute atomic E-state index is 6.38. The zero-order valence-corrected chi connectivity index (χ0v) is 14.2. The van der Waals surface area contributed by atoms with E-state index in [1.165, 1.54) is 18.4 Å². The molecule has 0 fully saturated rings. The first-order valence-corrected chi connectivity index (χ1v) is 7.81. The van der Waals surface area contributed by atoms with Crippen LogP contribution in [0.4, 0.5) is 0 Å². The summed E-state index contributed by atoms with van der Waals surface area (Å²) in [6, 6.07) is 5.32. The largest absolute Gasteiger partial charge is 0.496 e. The molecule has 3 aromatic rings. The van der Waals surface area contributed by atoms with E-state index in [9.17, 15) is 0 Å². The maximum atomic E-state index is 6.38. The highest BCUT2D eigenvalue weighted by Crippen LogP contribution is 2.38. The number of nitrogens with zero attached hydrogens (tertiary/aromatic N) is 2. The van der Waals surface area contributed by atoms with Gasteiger partial charge in [0.05, 0.1) is 32.5 Å². The summed E-state index contributed by atoms with van der Waals surface area (Å²) in [5, 5.41) is 3.53. The minimum Gasteiger partial charge on any atom is -0.496 e. The molecular weight excluding hydrogens is 340 g/mol. The molecule has 0 atom stereocenters. The first-order chi connectivity index (χ1) is 11.2. The van der Waals surface area contributed by atoms with Gasteiger partial charge in [-0.05, 0) is 12.1 Å². The highest BCUT2D eigenvalue weighted by Gasteiger charge is 2.16. The Hall–Kier alpha value is -2.09. The summed E-state index contributed by atoms with van der Waals surface area (Å²) >= 11 is 7.76. The van der Waals surface area contributed by atoms with Crippen LogP contribution >= 0.6 is 22.9 Å². The average Bonchev–Trinajstić information content (AvgIpc) is 3.06. The van der Waals surface area contributed by atoms with Crippen molar-refractivity contribution in [2.45, 2.75) is 0 Å². The van der Waals surface area contributed by atoms with Gasteiger partial charge < -0.3 is 14.4 Å². The van der Waals surface area contributed by atoms with Crippen LogP contribution in [-0.2, 0) is 4.89 Å². The predicted octanol–water partition coefficient (Wildman–Crippen LogP) is 3.97. The molecular formula is C15H13ClN2O4S. The Bertz CT molecular complexity index is 853. The van der Waals surface area contributed by atoms with E-state index in [4.69, 9.17) is 26.0 Å². The molecule has 0 aliphatic heterocycles. The number of fused-ring (bicyclic) bond motifs is 1. The number of hydrogen-bond acceptors (Lipinski definition) is 7. The van der Waals surface area contributed by atoms with Crippen molar-refractivity contribution in [2.75, 3.05) is 21.3 Å². The molecule has 8 heteroatoms. The Morgan fingerprint density at radius 2 is 1.83 bits per heavy atom. The van der Waals surface area contributed by atoms with Crippen molar-refractivity contribution >= 4 is 33.8 Å². The minimum absolute atomic E-state index is 0.340. The Morgan fingerprint density at radius 3 is 2.48 bits per heavy atom. The second-order valence-electron chi connectivity index (χ2n) is 4.44. The van der Waals surface area contributed by atoms with Crippen molar-refractivity contribution in [3.05, 3.63) is 28.6 Å². The summed E-state index contributed by atoms with van der Waals surface area (Å²) < 4.78 is 10.6. The smallest absolute Gasteiger partial charge is 0.273 e. The summed E-state index contributed by atoms with van der Waals surface area (Å²) in [5.74, 6) is 1.02. The van der Waals surface area contributed by atoms with Gasteiger partial charge in [-0.15, -0.1) is 0 Å². The van der Waals surface area contributed by atoms with Crippen molar-refractivity contribution < 1.29 is 19.2 Å². The molecule has 0 saturated heterocycles. The van der Waals surface area contributed by atoms with E-state index in [0.717, 1.165) is 5.39 Å². The van der Waals surface area contributed by atoms with Gasteiger partial charge >= 0.3 is 0 Å². The lowest BCUT2D eigenvalue weighted by atomic mass is 10.1. The molecule has 0 spiro atoms. The molecule has 23 heavy (non-hydrogen) atoms. The number of aromatic nitrogens is 2. The lowest BCUT2D eigenvalue weighted by molar-refractivity contribution is -0.177. The molecule has 0 bridgehead atoms. The third-order valence-electron chi connectivity index (χ3n) is 3.16. The van der Waals surface area contributed by atoms with Crippen molar-refractivity contribution in [3.63, 3.8) is 0 Å². The Balaban J connectivity index is 2.21. The number of pyridine rings is 1. The van der Waals surface area contributed by atoms with E-state index in [0.29, 0.717) is 38.6 Å². The Kier molecular flexibility index (Phi) is 4.51. The summed E-state index contributed by atoms with van der Waals surface area (Å²) in [7, 11) is 4.57. The SMILES string of the molecule is COOc1ccc2c(OC)cc(-c3csc(OC)n3)nc2c1Cl. The third-order valence-corrected chi connectivity index (χ3v) is 4.33. The number of methoxy groups -OCH3 is 2. The molecule has 3 rings (SSSR count). The lowest BCUT2D eigenvalue weighted by Crippen LogP contribution is -1.96. The van der Waals surface area contributed by atoms with Gasteiger partial charge in [-0.2, -0.15) is 4.89 Å². The third kappa shape index (κ3) is 2.90. The van der Waals surface area contributed by atoms with Crippen LogP contribution in [0.5, 0.6) is 16.7 Å². The van der Waals surface area contributed by atoms with Gasteiger partial charge in [0.2, 0.25) is 0 Å². The van der Waals surface area contributed by atoms with E-state index < -0.39 is 0 Å². The Morgan fingerprint density at radius 1 is 1.00 bits per heavy atom. The van der Waals surface area contributed by atoms with E-state index in [2.05, 4.69) is 14.9 Å². The second-order valence-corrected chi connectivity index (χ2v) is 5.63. The van der Waals surface area contributed by atoms with Crippen LogP contribution in [0.2, 0.25) is 5.02 Å². The van der Waals surface area contributed by atoms with Crippen molar-refractivity contribution in [1.82, 2.24) is 9.97 Å².